The minimum atomic E-state index is -0.915. The van der Waals surface area contributed by atoms with Crippen LogP contribution in [0.4, 0.5) is 0 Å². The van der Waals surface area contributed by atoms with E-state index in [2.05, 4.69) is 0 Å². The Bertz CT molecular complexity index is 838. The van der Waals surface area contributed by atoms with E-state index >= 15 is 0 Å². The molecule has 22 heavy (non-hydrogen) atoms. The first-order valence-electron chi connectivity index (χ1n) is 6.89. The van der Waals surface area contributed by atoms with E-state index in [0.717, 1.165) is 21.2 Å². The molecule has 3 rings (SSSR count). The van der Waals surface area contributed by atoms with Crippen LogP contribution in [0.5, 0.6) is 0 Å². The van der Waals surface area contributed by atoms with Crippen LogP contribution < -0.4 is 0 Å². The molecule has 3 aromatic carbocycles. The third kappa shape index (κ3) is 3.38. The Morgan fingerprint density at radius 1 is 0.864 bits per heavy atom. The average Bonchev–Trinajstić information content (AvgIpc) is 2.55. The van der Waals surface area contributed by atoms with E-state index < -0.39 is 5.97 Å². The lowest BCUT2D eigenvalue weighted by molar-refractivity contribution is -0.131. The van der Waals surface area contributed by atoms with Gasteiger partial charge in [-0.15, -0.1) is 0 Å². The van der Waals surface area contributed by atoms with Gasteiger partial charge in [-0.25, -0.2) is 4.79 Å². The van der Waals surface area contributed by atoms with Crippen molar-refractivity contribution in [3.8, 4) is 0 Å². The van der Waals surface area contributed by atoms with Gasteiger partial charge in [0.25, 0.3) is 0 Å². The highest BCUT2D eigenvalue weighted by Crippen LogP contribution is 2.29. The van der Waals surface area contributed by atoms with E-state index in [1.807, 2.05) is 72.8 Å². The lowest BCUT2D eigenvalue weighted by Crippen LogP contribution is -1.96. The lowest BCUT2D eigenvalue weighted by atomic mass is 10.1. The summed E-state index contributed by atoms with van der Waals surface area (Å²) in [6, 6.07) is 23.5. The zero-order valence-corrected chi connectivity index (χ0v) is 12.6. The molecule has 0 atom stereocenters. The fraction of sp³-hybridized carbons (Fsp3) is 0. The molecule has 0 saturated heterocycles. The largest absolute Gasteiger partial charge is 0.477 e. The van der Waals surface area contributed by atoms with Gasteiger partial charge >= 0.3 is 5.97 Å². The summed E-state index contributed by atoms with van der Waals surface area (Å²) in [5.74, 6) is -0.915. The highest BCUT2D eigenvalue weighted by atomic mass is 32.2. The highest BCUT2D eigenvalue weighted by molar-refractivity contribution is 8.04. The zero-order valence-electron chi connectivity index (χ0n) is 11.8. The molecule has 0 aliphatic heterocycles. The van der Waals surface area contributed by atoms with Gasteiger partial charge < -0.3 is 5.11 Å². The number of carboxylic acids is 1. The first-order chi connectivity index (χ1) is 10.7. The van der Waals surface area contributed by atoms with Crippen LogP contribution in [-0.2, 0) is 4.79 Å². The Morgan fingerprint density at radius 3 is 2.27 bits per heavy atom. The summed E-state index contributed by atoms with van der Waals surface area (Å²) in [6.45, 7) is 0. The Balaban J connectivity index is 1.95. The van der Waals surface area contributed by atoms with Crippen LogP contribution in [0.1, 0.15) is 5.56 Å². The fourth-order valence-corrected chi connectivity index (χ4v) is 3.03. The number of aliphatic carboxylic acids is 1. The minimum Gasteiger partial charge on any atom is -0.477 e. The van der Waals surface area contributed by atoms with Crippen molar-refractivity contribution >= 4 is 34.6 Å². The average molecular weight is 306 g/mol. The molecule has 0 aromatic heterocycles. The molecule has 0 heterocycles. The Labute approximate surface area is 133 Å². The molecule has 1 N–H and O–H groups in total. The van der Waals surface area contributed by atoms with Gasteiger partial charge in [0, 0.05) is 4.90 Å². The van der Waals surface area contributed by atoms with Crippen molar-refractivity contribution in [2.24, 2.45) is 0 Å². The number of thioether (sulfide) groups is 1. The number of hydrogen-bond donors (Lipinski definition) is 1. The number of fused-ring (bicyclic) bond motifs is 1. The molecule has 0 aliphatic rings. The van der Waals surface area contributed by atoms with E-state index in [1.165, 1.54) is 11.8 Å². The maximum Gasteiger partial charge on any atom is 0.342 e. The summed E-state index contributed by atoms with van der Waals surface area (Å²) in [6.07, 6.45) is 1.71. The Kier molecular flexibility index (Phi) is 4.26. The van der Waals surface area contributed by atoms with Crippen LogP contribution in [-0.4, -0.2) is 11.1 Å². The van der Waals surface area contributed by atoms with Gasteiger partial charge in [-0.2, -0.15) is 0 Å². The predicted molar refractivity (Wildman–Crippen MR) is 91.9 cm³/mol. The first-order valence-corrected chi connectivity index (χ1v) is 7.71. The maximum atomic E-state index is 11.5. The number of carboxylic acid groups (broad SMARTS) is 1. The second kappa shape index (κ2) is 6.50. The molecular weight excluding hydrogens is 292 g/mol. The maximum absolute atomic E-state index is 11.5. The summed E-state index contributed by atoms with van der Waals surface area (Å²) < 4.78 is 0. The lowest BCUT2D eigenvalue weighted by Gasteiger charge is -2.04. The summed E-state index contributed by atoms with van der Waals surface area (Å²) >= 11 is 1.26. The SMILES string of the molecule is O=C(O)C(=Cc1ccc2ccccc2c1)Sc1ccccc1. The molecule has 3 heteroatoms. The smallest absolute Gasteiger partial charge is 0.342 e. The molecule has 0 radical (unpaired) electrons. The van der Waals surface area contributed by atoms with Gasteiger partial charge in [-0.1, -0.05) is 66.4 Å². The van der Waals surface area contributed by atoms with Gasteiger partial charge in [0.1, 0.15) is 0 Å². The van der Waals surface area contributed by atoms with Crippen LogP contribution in [0, 0.1) is 0 Å². The van der Waals surface area contributed by atoms with Crippen molar-refractivity contribution in [1.82, 2.24) is 0 Å². The third-order valence-electron chi connectivity index (χ3n) is 3.25. The van der Waals surface area contributed by atoms with Gasteiger partial charge in [-0.05, 0) is 40.6 Å². The van der Waals surface area contributed by atoms with Crippen molar-refractivity contribution in [3.63, 3.8) is 0 Å². The molecule has 0 spiro atoms. The molecule has 0 saturated carbocycles. The van der Waals surface area contributed by atoms with Gasteiger partial charge in [0.15, 0.2) is 0 Å². The van der Waals surface area contributed by atoms with Crippen molar-refractivity contribution in [2.75, 3.05) is 0 Å². The zero-order chi connectivity index (χ0) is 15.4. The minimum absolute atomic E-state index is 0.307. The van der Waals surface area contributed by atoms with Gasteiger partial charge in [-0.3, -0.25) is 0 Å². The predicted octanol–water partition coefficient (Wildman–Crippen LogP) is 5.06. The molecule has 0 unspecified atom stereocenters. The summed E-state index contributed by atoms with van der Waals surface area (Å²) in [5.41, 5.74) is 0.888. The number of benzene rings is 3. The normalized spacial score (nSPS) is 11.5. The fourth-order valence-electron chi connectivity index (χ4n) is 2.20. The third-order valence-corrected chi connectivity index (χ3v) is 4.27. The standard InChI is InChI=1S/C19H14O2S/c20-19(21)18(22-17-8-2-1-3-9-17)13-14-10-11-15-6-4-5-7-16(15)12-14/h1-13H,(H,20,21). The van der Waals surface area contributed by atoms with Gasteiger partial charge in [0.05, 0.1) is 4.91 Å². The second-order valence-corrected chi connectivity index (χ2v) is 5.95. The first kappa shape index (κ1) is 14.4. The molecular formula is C19H14O2S. The summed E-state index contributed by atoms with van der Waals surface area (Å²) in [7, 11) is 0. The molecule has 108 valence electrons. The van der Waals surface area contributed by atoms with Crippen molar-refractivity contribution in [3.05, 3.63) is 83.3 Å². The molecule has 3 aromatic rings. The van der Waals surface area contributed by atoms with Crippen LogP contribution in [0.2, 0.25) is 0 Å². The van der Waals surface area contributed by atoms with Crippen LogP contribution in [0.25, 0.3) is 16.8 Å². The summed E-state index contributed by atoms with van der Waals surface area (Å²) in [5, 5.41) is 11.7. The molecule has 0 aliphatic carbocycles. The topological polar surface area (TPSA) is 37.3 Å². The van der Waals surface area contributed by atoms with Crippen molar-refractivity contribution in [2.45, 2.75) is 4.90 Å². The molecule has 0 amide bonds. The quantitative estimate of drug-likeness (QED) is 0.541. The molecule has 0 fully saturated rings. The van der Waals surface area contributed by atoms with E-state index in [9.17, 15) is 9.90 Å². The Morgan fingerprint density at radius 2 is 1.55 bits per heavy atom. The monoisotopic (exact) mass is 306 g/mol. The van der Waals surface area contributed by atoms with Crippen LogP contribution in [0.15, 0.2) is 82.6 Å². The summed E-state index contributed by atoms with van der Waals surface area (Å²) in [4.78, 5) is 12.7. The second-order valence-electron chi connectivity index (χ2n) is 4.84. The number of hydrogen-bond acceptors (Lipinski definition) is 2. The molecule has 2 nitrogen and oxygen atoms in total. The van der Waals surface area contributed by atoms with Gasteiger partial charge in [0.2, 0.25) is 0 Å². The molecule has 0 bridgehead atoms. The van der Waals surface area contributed by atoms with Crippen molar-refractivity contribution < 1.29 is 9.90 Å². The highest BCUT2D eigenvalue weighted by Gasteiger charge is 2.09. The van der Waals surface area contributed by atoms with E-state index in [0.29, 0.717) is 4.91 Å². The van der Waals surface area contributed by atoms with E-state index in [4.69, 9.17) is 0 Å². The van der Waals surface area contributed by atoms with Crippen LogP contribution in [0.3, 0.4) is 0 Å². The van der Waals surface area contributed by atoms with Crippen LogP contribution >= 0.6 is 11.8 Å². The Hall–Kier alpha value is -2.52. The van der Waals surface area contributed by atoms with E-state index in [-0.39, 0.29) is 0 Å². The number of carbonyl (C=O) groups is 1. The van der Waals surface area contributed by atoms with E-state index in [1.54, 1.807) is 6.08 Å². The van der Waals surface area contributed by atoms with Crippen molar-refractivity contribution in [1.29, 1.82) is 0 Å². The number of rotatable bonds is 4.